The summed E-state index contributed by atoms with van der Waals surface area (Å²) in [6, 6.07) is 3.70. The third kappa shape index (κ3) is 3.20. The Bertz CT molecular complexity index is 2060. The molecule has 1 spiro atoms. The Hall–Kier alpha value is -3.75. The first kappa shape index (κ1) is 26.8. The van der Waals surface area contributed by atoms with Crippen LogP contribution in [0.15, 0.2) is 29.8 Å². The molecule has 1 saturated heterocycles. The van der Waals surface area contributed by atoms with E-state index in [9.17, 15) is 46.9 Å². The third-order valence-corrected chi connectivity index (χ3v) is 10.3. The van der Waals surface area contributed by atoms with Gasteiger partial charge in [-0.15, -0.1) is 11.3 Å². The zero-order valence-corrected chi connectivity index (χ0v) is 22.6. The van der Waals surface area contributed by atoms with E-state index in [2.05, 4.69) is 5.32 Å². The average molecular weight is 616 g/mol. The van der Waals surface area contributed by atoms with Gasteiger partial charge in [0.15, 0.2) is 29.4 Å². The molecule has 2 fully saturated rings. The quantitative estimate of drug-likeness (QED) is 0.204. The second kappa shape index (κ2) is 8.45. The minimum atomic E-state index is -2.05. The number of thiophene rings is 1. The molecule has 1 saturated carbocycles. The number of aryl methyl sites for hydroxylation is 1. The number of amides is 2. The van der Waals surface area contributed by atoms with Crippen LogP contribution in [0.5, 0.6) is 0 Å². The molecule has 8 rings (SSSR count). The largest absolute Gasteiger partial charge is 0.394 e. The molecule has 1 unspecified atom stereocenters. The van der Waals surface area contributed by atoms with Crippen molar-refractivity contribution in [1.29, 1.82) is 0 Å². The number of aliphatic hydroxyl groups is 3. The number of halogens is 5. The molecule has 0 radical (unpaired) electrons. The summed E-state index contributed by atoms with van der Waals surface area (Å²) in [5.41, 5.74) is -0.340. The highest BCUT2D eigenvalue weighted by Gasteiger charge is 2.82. The second-order valence-electron chi connectivity index (χ2n) is 11.2. The molecular formula is C30H18F5NO6S. The van der Waals surface area contributed by atoms with Crippen LogP contribution in [-0.4, -0.2) is 63.8 Å². The lowest BCUT2D eigenvalue weighted by atomic mass is 9.83. The van der Waals surface area contributed by atoms with Crippen LogP contribution < -0.4 is 5.32 Å². The Labute approximate surface area is 241 Å². The normalized spacial score (nSPS) is 29.1. The van der Waals surface area contributed by atoms with Gasteiger partial charge in [0.2, 0.25) is 0 Å². The smallest absolute Gasteiger partial charge is 0.259 e. The fraction of sp³-hybridized carbons (Fsp3) is 0.267. The van der Waals surface area contributed by atoms with Gasteiger partial charge in [0.25, 0.3) is 11.8 Å². The first-order valence-corrected chi connectivity index (χ1v) is 14.0. The van der Waals surface area contributed by atoms with Gasteiger partial charge in [-0.1, -0.05) is 0 Å². The lowest BCUT2D eigenvalue weighted by molar-refractivity contribution is -0.224. The number of fused-ring (bicyclic) bond motifs is 8. The van der Waals surface area contributed by atoms with Gasteiger partial charge in [0.05, 0.1) is 17.7 Å². The lowest BCUT2D eigenvalue weighted by Crippen LogP contribution is -2.60. The summed E-state index contributed by atoms with van der Waals surface area (Å²) in [5, 5.41) is 33.1. The Morgan fingerprint density at radius 2 is 1.53 bits per heavy atom. The second-order valence-corrected chi connectivity index (χ2v) is 12.2. The molecule has 43 heavy (non-hydrogen) atoms. The molecule has 3 heterocycles. The van der Waals surface area contributed by atoms with Gasteiger partial charge in [-0.2, -0.15) is 0 Å². The minimum Gasteiger partial charge on any atom is -0.394 e. The molecule has 2 amide bonds. The predicted molar refractivity (Wildman–Crippen MR) is 143 cm³/mol. The van der Waals surface area contributed by atoms with Crippen molar-refractivity contribution in [2.45, 2.75) is 37.0 Å². The average Bonchev–Trinajstić information content (AvgIpc) is 3.79. The van der Waals surface area contributed by atoms with E-state index in [1.807, 2.05) is 0 Å². The van der Waals surface area contributed by atoms with Gasteiger partial charge in [0, 0.05) is 31.7 Å². The highest BCUT2D eigenvalue weighted by molar-refractivity contribution is 7.26. The maximum absolute atomic E-state index is 14.9. The summed E-state index contributed by atoms with van der Waals surface area (Å²) >= 11 is 1.04. The minimum absolute atomic E-state index is 0.0343. The number of alkyl halides is 1. The van der Waals surface area contributed by atoms with Crippen molar-refractivity contribution in [3.05, 3.63) is 75.4 Å². The van der Waals surface area contributed by atoms with Gasteiger partial charge < -0.3 is 20.1 Å². The highest BCUT2D eigenvalue weighted by atomic mass is 32.1. The number of carbonyl (C=O) groups excluding carboxylic acids is 2. The molecule has 6 atom stereocenters. The highest BCUT2D eigenvalue weighted by Crippen LogP contribution is 2.78. The zero-order chi connectivity index (χ0) is 30.4. The van der Waals surface area contributed by atoms with Crippen LogP contribution in [0, 0.1) is 36.1 Å². The van der Waals surface area contributed by atoms with Crippen molar-refractivity contribution < 1.29 is 51.6 Å². The van der Waals surface area contributed by atoms with Crippen molar-refractivity contribution in [3.63, 3.8) is 0 Å². The lowest BCUT2D eigenvalue weighted by Gasteiger charge is -2.41. The van der Waals surface area contributed by atoms with E-state index in [-0.39, 0.29) is 38.6 Å². The van der Waals surface area contributed by atoms with Crippen LogP contribution in [0.2, 0.25) is 0 Å². The molecule has 4 N–H and O–H groups in total. The van der Waals surface area contributed by atoms with Gasteiger partial charge >= 0.3 is 0 Å². The standard InChI is InChI=1S/C30H18F5NO6S/c1-7-17(20-21(29(41)36-28(20)40)18-10-4-13(33)14(34)5-16(10)43-26(7)18)8-2-11(31)12(32)3-9(8)19-22-23(19)30(22)27(39)25(38)24(35)15(6-37)42-30/h2-5,15,22,24-25,27,37-39H,6H2,1H3,(H,36,40,41)/t15-,22?,24-,25+,27-,30-/m1/s1. The van der Waals surface area contributed by atoms with Gasteiger partial charge in [-0.3, -0.25) is 14.9 Å². The van der Waals surface area contributed by atoms with Crippen LogP contribution in [0.3, 0.4) is 0 Å². The van der Waals surface area contributed by atoms with Crippen LogP contribution in [0.4, 0.5) is 22.0 Å². The van der Waals surface area contributed by atoms with Crippen molar-refractivity contribution in [2.24, 2.45) is 5.92 Å². The molecular weight excluding hydrogens is 597 g/mol. The Kier molecular flexibility index (Phi) is 5.28. The summed E-state index contributed by atoms with van der Waals surface area (Å²) in [7, 11) is 0. The van der Waals surface area contributed by atoms with Crippen LogP contribution in [-0.2, 0) is 4.74 Å². The molecule has 4 aliphatic rings. The Balaban J connectivity index is 1.38. The van der Waals surface area contributed by atoms with Crippen molar-refractivity contribution in [1.82, 2.24) is 5.32 Å². The number of hydrogen-bond donors (Lipinski definition) is 4. The van der Waals surface area contributed by atoms with E-state index in [1.165, 1.54) is 0 Å². The van der Waals surface area contributed by atoms with Crippen LogP contribution in [0.25, 0.3) is 36.9 Å². The van der Waals surface area contributed by atoms with Gasteiger partial charge in [-0.05, 0) is 59.0 Å². The molecule has 7 nitrogen and oxygen atoms in total. The van der Waals surface area contributed by atoms with Crippen LogP contribution >= 0.6 is 11.3 Å². The van der Waals surface area contributed by atoms with Crippen molar-refractivity contribution >= 4 is 48.9 Å². The summed E-state index contributed by atoms with van der Waals surface area (Å²) < 4.78 is 78.7. The number of benzene rings is 3. The van der Waals surface area contributed by atoms with E-state index in [0.717, 1.165) is 35.6 Å². The van der Waals surface area contributed by atoms with E-state index >= 15 is 0 Å². The van der Waals surface area contributed by atoms with E-state index < -0.39 is 77.7 Å². The first-order valence-electron chi connectivity index (χ1n) is 13.2. The molecule has 4 aromatic rings. The fourth-order valence-corrected chi connectivity index (χ4v) is 8.20. The Morgan fingerprint density at radius 3 is 2.21 bits per heavy atom. The van der Waals surface area contributed by atoms with Crippen molar-refractivity contribution in [3.8, 4) is 11.1 Å². The number of ether oxygens (including phenoxy) is 1. The zero-order valence-electron chi connectivity index (χ0n) is 21.8. The van der Waals surface area contributed by atoms with E-state index in [1.54, 1.807) is 6.92 Å². The SMILES string of the molecule is Cc1c(-c2cc(F)c(F)cc2C2=C3C2[C@@]32O[C@H](CO)[C@@H](F)[C@H](O)[C@H]2O)c2c(c3c1sc1cc(F)c(F)cc13)C(=O)NC2=O. The van der Waals surface area contributed by atoms with Gasteiger partial charge in [-0.25, -0.2) is 22.0 Å². The van der Waals surface area contributed by atoms with Crippen molar-refractivity contribution in [2.75, 3.05) is 6.61 Å². The predicted octanol–water partition coefficient (Wildman–Crippen LogP) is 4.06. The first-order chi connectivity index (χ1) is 20.4. The number of imide groups is 1. The third-order valence-electron chi connectivity index (χ3n) is 9.02. The summed E-state index contributed by atoms with van der Waals surface area (Å²) in [6.45, 7) is 0.821. The van der Waals surface area contributed by atoms with E-state index in [0.29, 0.717) is 26.1 Å². The van der Waals surface area contributed by atoms with Gasteiger partial charge in [0.1, 0.15) is 23.9 Å². The Morgan fingerprint density at radius 1 is 0.930 bits per heavy atom. The number of carbonyl (C=O) groups is 2. The molecule has 2 aliphatic heterocycles. The molecule has 2 aliphatic carbocycles. The number of aliphatic hydroxyl groups excluding tert-OH is 3. The molecule has 13 heteroatoms. The molecule has 220 valence electrons. The number of hydrogen-bond acceptors (Lipinski definition) is 7. The number of nitrogens with one attached hydrogen (secondary N) is 1. The summed E-state index contributed by atoms with van der Waals surface area (Å²) in [5.74, 6) is -7.04. The summed E-state index contributed by atoms with van der Waals surface area (Å²) in [6.07, 6.45) is -7.02. The maximum atomic E-state index is 14.9. The van der Waals surface area contributed by atoms with E-state index in [4.69, 9.17) is 4.74 Å². The topological polar surface area (TPSA) is 116 Å². The summed E-state index contributed by atoms with van der Waals surface area (Å²) in [4.78, 5) is 26.3. The molecule has 3 aromatic carbocycles. The fourth-order valence-electron chi connectivity index (χ4n) is 6.98. The number of rotatable bonds is 3. The molecule has 1 aromatic heterocycles. The monoisotopic (exact) mass is 615 g/mol. The molecule has 0 bridgehead atoms. The maximum Gasteiger partial charge on any atom is 0.259 e. The van der Waals surface area contributed by atoms with Crippen LogP contribution in [0.1, 0.15) is 31.8 Å².